The van der Waals surface area contributed by atoms with Crippen LogP contribution in [0, 0.1) is 13.8 Å². The fourth-order valence-corrected chi connectivity index (χ4v) is 4.17. The van der Waals surface area contributed by atoms with Crippen molar-refractivity contribution >= 4 is 22.4 Å². The maximum Gasteiger partial charge on any atom is 0.242 e. The molecule has 0 spiro atoms. The molecule has 1 amide bonds. The molecule has 1 aromatic heterocycles. The molecule has 0 saturated heterocycles. The molecule has 0 N–H and O–H groups in total. The van der Waals surface area contributed by atoms with E-state index in [2.05, 4.69) is 5.16 Å². The fraction of sp³-hybridized carbons (Fsp3) is 0.412. The second-order valence-corrected chi connectivity index (χ2v) is 7.60. The van der Waals surface area contributed by atoms with Crippen LogP contribution < -0.4 is 4.90 Å². The summed E-state index contributed by atoms with van der Waals surface area (Å²) < 4.78 is 17.7. The van der Waals surface area contributed by atoms with Crippen molar-refractivity contribution in [1.82, 2.24) is 5.16 Å². The predicted octanol–water partition coefficient (Wildman–Crippen LogP) is 2.52. The molecule has 122 valence electrons. The minimum atomic E-state index is -1.31. The first kappa shape index (κ1) is 15.9. The van der Waals surface area contributed by atoms with E-state index in [1.807, 2.05) is 31.2 Å². The fourth-order valence-electron chi connectivity index (χ4n) is 2.87. The Labute approximate surface area is 138 Å². The molecule has 3 rings (SSSR count). The summed E-state index contributed by atoms with van der Waals surface area (Å²) in [7, 11) is -1.31. The molecule has 1 aliphatic rings. The van der Waals surface area contributed by atoms with Crippen LogP contribution in [0.4, 0.5) is 5.69 Å². The number of nitrogens with zero attached hydrogens (tertiary/aromatic N) is 2. The molecular weight excluding hydrogens is 312 g/mol. The van der Waals surface area contributed by atoms with E-state index in [4.69, 9.17) is 4.52 Å². The average Bonchev–Trinajstić information content (AvgIpc) is 3.11. The van der Waals surface area contributed by atoms with E-state index in [0.29, 0.717) is 18.1 Å². The molecule has 6 heteroatoms. The number of para-hydroxylation sites is 1. The standard InChI is InChI=1S/C17H20N2O3S/c1-11-15(12(2)22-18-11)10-23(21)13(3)17(20)19-9-8-14-6-4-5-7-16(14)19/h4-7,13H,8-10H2,1-3H3. The Hall–Kier alpha value is -1.95. The zero-order valence-electron chi connectivity index (χ0n) is 13.5. The Bertz CT molecular complexity index is 749. The van der Waals surface area contributed by atoms with Gasteiger partial charge in [0.25, 0.3) is 0 Å². The molecule has 23 heavy (non-hydrogen) atoms. The zero-order chi connectivity index (χ0) is 16.6. The number of aromatic nitrogens is 1. The van der Waals surface area contributed by atoms with Gasteiger partial charge in [0.1, 0.15) is 11.0 Å². The maximum atomic E-state index is 12.7. The molecule has 0 bridgehead atoms. The lowest BCUT2D eigenvalue weighted by molar-refractivity contribution is -0.117. The molecule has 2 atom stereocenters. The highest BCUT2D eigenvalue weighted by Crippen LogP contribution is 2.28. The van der Waals surface area contributed by atoms with Crippen LogP contribution in [0.5, 0.6) is 0 Å². The zero-order valence-corrected chi connectivity index (χ0v) is 14.4. The molecule has 2 aromatic rings. The van der Waals surface area contributed by atoms with Crippen LogP contribution in [-0.4, -0.2) is 27.1 Å². The van der Waals surface area contributed by atoms with Crippen molar-refractivity contribution in [2.45, 2.75) is 38.2 Å². The summed E-state index contributed by atoms with van der Waals surface area (Å²) in [4.78, 5) is 14.5. The summed E-state index contributed by atoms with van der Waals surface area (Å²) in [5.74, 6) is 0.880. The number of carbonyl (C=O) groups excluding carboxylic acids is 1. The van der Waals surface area contributed by atoms with Gasteiger partial charge in [0.15, 0.2) is 0 Å². The van der Waals surface area contributed by atoms with E-state index < -0.39 is 16.0 Å². The van der Waals surface area contributed by atoms with Crippen molar-refractivity contribution in [3.8, 4) is 0 Å². The second-order valence-electron chi connectivity index (χ2n) is 5.84. The van der Waals surface area contributed by atoms with Gasteiger partial charge >= 0.3 is 0 Å². The minimum Gasteiger partial charge on any atom is -0.361 e. The SMILES string of the molecule is Cc1noc(C)c1CS(=O)C(C)C(=O)N1CCc2ccccc21. The third-order valence-electron chi connectivity index (χ3n) is 4.36. The molecular formula is C17H20N2O3S. The number of fused-ring (bicyclic) bond motifs is 1. The van der Waals surface area contributed by atoms with Crippen LogP contribution in [-0.2, 0) is 27.8 Å². The van der Waals surface area contributed by atoms with Crippen LogP contribution in [0.3, 0.4) is 0 Å². The van der Waals surface area contributed by atoms with E-state index in [1.165, 1.54) is 5.56 Å². The van der Waals surface area contributed by atoms with Gasteiger partial charge in [-0.2, -0.15) is 0 Å². The summed E-state index contributed by atoms with van der Waals surface area (Å²) >= 11 is 0. The Morgan fingerprint density at radius 2 is 2.13 bits per heavy atom. The Morgan fingerprint density at radius 3 is 2.83 bits per heavy atom. The van der Waals surface area contributed by atoms with Crippen LogP contribution >= 0.6 is 0 Å². The van der Waals surface area contributed by atoms with E-state index in [9.17, 15) is 9.00 Å². The molecule has 2 unspecified atom stereocenters. The van der Waals surface area contributed by atoms with Crippen LogP contribution in [0.1, 0.15) is 29.5 Å². The number of carbonyl (C=O) groups is 1. The Balaban J connectivity index is 1.74. The molecule has 0 aliphatic carbocycles. The summed E-state index contributed by atoms with van der Waals surface area (Å²) in [6, 6.07) is 7.89. The first-order chi connectivity index (χ1) is 11.0. The number of anilines is 1. The summed E-state index contributed by atoms with van der Waals surface area (Å²) in [5.41, 5.74) is 3.69. The van der Waals surface area contributed by atoms with Gasteiger partial charge in [-0.3, -0.25) is 9.00 Å². The largest absolute Gasteiger partial charge is 0.361 e. The van der Waals surface area contributed by atoms with Gasteiger partial charge < -0.3 is 9.42 Å². The number of amides is 1. The number of aryl methyl sites for hydroxylation is 2. The highest BCUT2D eigenvalue weighted by Gasteiger charge is 2.31. The van der Waals surface area contributed by atoms with E-state index in [0.717, 1.165) is 23.4 Å². The van der Waals surface area contributed by atoms with Crippen molar-refractivity contribution in [3.63, 3.8) is 0 Å². The molecule has 0 radical (unpaired) electrons. The summed E-state index contributed by atoms with van der Waals surface area (Å²) in [6.07, 6.45) is 0.852. The predicted molar refractivity (Wildman–Crippen MR) is 89.8 cm³/mol. The van der Waals surface area contributed by atoms with E-state index in [1.54, 1.807) is 18.7 Å². The molecule has 5 nitrogen and oxygen atoms in total. The lowest BCUT2D eigenvalue weighted by Crippen LogP contribution is -2.39. The minimum absolute atomic E-state index is 0.0833. The summed E-state index contributed by atoms with van der Waals surface area (Å²) in [6.45, 7) is 6.02. The van der Waals surface area contributed by atoms with Crippen LogP contribution in [0.15, 0.2) is 28.8 Å². The first-order valence-corrected chi connectivity index (χ1v) is 9.05. The highest BCUT2D eigenvalue weighted by atomic mass is 32.2. The quantitative estimate of drug-likeness (QED) is 0.863. The first-order valence-electron chi connectivity index (χ1n) is 7.67. The lowest BCUT2D eigenvalue weighted by Gasteiger charge is -2.21. The Kier molecular flexibility index (Phi) is 4.35. The third-order valence-corrected chi connectivity index (χ3v) is 5.93. The topological polar surface area (TPSA) is 63.4 Å². The maximum absolute atomic E-state index is 12.7. The van der Waals surface area contributed by atoms with Gasteiger partial charge in [0.05, 0.1) is 11.4 Å². The van der Waals surface area contributed by atoms with Crippen LogP contribution in [0.25, 0.3) is 0 Å². The van der Waals surface area contributed by atoms with Gasteiger partial charge in [-0.15, -0.1) is 0 Å². The van der Waals surface area contributed by atoms with Gasteiger partial charge in [0.2, 0.25) is 5.91 Å². The smallest absolute Gasteiger partial charge is 0.242 e. The molecule has 0 fully saturated rings. The van der Waals surface area contributed by atoms with Crippen molar-refractivity contribution in [3.05, 3.63) is 46.8 Å². The number of rotatable bonds is 4. The molecule has 1 aliphatic heterocycles. The normalized spacial score (nSPS) is 16.2. The highest BCUT2D eigenvalue weighted by molar-refractivity contribution is 7.85. The lowest BCUT2D eigenvalue weighted by atomic mass is 10.2. The van der Waals surface area contributed by atoms with E-state index in [-0.39, 0.29) is 5.91 Å². The van der Waals surface area contributed by atoms with Gasteiger partial charge in [-0.05, 0) is 38.8 Å². The van der Waals surface area contributed by atoms with Crippen molar-refractivity contribution < 1.29 is 13.5 Å². The summed E-state index contributed by atoms with van der Waals surface area (Å²) in [5, 5.41) is 3.32. The Morgan fingerprint density at radius 1 is 1.39 bits per heavy atom. The van der Waals surface area contributed by atoms with Gasteiger partial charge in [-0.1, -0.05) is 23.4 Å². The number of benzene rings is 1. The van der Waals surface area contributed by atoms with Crippen molar-refractivity contribution in [2.75, 3.05) is 11.4 Å². The molecule has 1 aromatic carbocycles. The van der Waals surface area contributed by atoms with Gasteiger partial charge in [-0.25, -0.2) is 0 Å². The van der Waals surface area contributed by atoms with Gasteiger partial charge in [0, 0.05) is 28.6 Å². The molecule has 0 saturated carbocycles. The third kappa shape index (κ3) is 2.95. The number of hydrogen-bond donors (Lipinski definition) is 0. The van der Waals surface area contributed by atoms with E-state index >= 15 is 0 Å². The van der Waals surface area contributed by atoms with Crippen LogP contribution in [0.2, 0.25) is 0 Å². The van der Waals surface area contributed by atoms with Crippen molar-refractivity contribution in [2.24, 2.45) is 0 Å². The van der Waals surface area contributed by atoms with Crippen molar-refractivity contribution in [1.29, 1.82) is 0 Å². The second kappa shape index (κ2) is 6.28. The monoisotopic (exact) mass is 332 g/mol. The number of hydrogen-bond acceptors (Lipinski definition) is 4. The molecule has 2 heterocycles. The average molecular weight is 332 g/mol.